The number of hydrogen-bond acceptors (Lipinski definition) is 4. The summed E-state index contributed by atoms with van der Waals surface area (Å²) in [5, 5.41) is 7.05. The Morgan fingerprint density at radius 1 is 0.969 bits per heavy atom. The van der Waals surface area contributed by atoms with Gasteiger partial charge >= 0.3 is 0 Å². The number of para-hydroxylation sites is 2. The van der Waals surface area contributed by atoms with Gasteiger partial charge in [-0.15, -0.1) is 0 Å². The molecule has 0 amide bonds. The van der Waals surface area contributed by atoms with Crippen molar-refractivity contribution in [3.05, 3.63) is 99.4 Å². The van der Waals surface area contributed by atoms with E-state index in [0.717, 1.165) is 33.9 Å². The molecule has 1 aliphatic heterocycles. The number of fused-ring (bicyclic) bond motifs is 1. The van der Waals surface area contributed by atoms with Crippen molar-refractivity contribution in [1.82, 2.24) is 0 Å². The van der Waals surface area contributed by atoms with Gasteiger partial charge in [-0.05, 0) is 75.8 Å². The molecule has 0 bridgehead atoms. The molecule has 3 aromatic carbocycles. The van der Waals surface area contributed by atoms with E-state index in [2.05, 4.69) is 26.6 Å². The Labute approximate surface area is 194 Å². The lowest BCUT2D eigenvalue weighted by Crippen LogP contribution is -2.26. The molecule has 2 aliphatic rings. The maximum Gasteiger partial charge on any atom is 0.163 e. The zero-order chi connectivity index (χ0) is 22.2. The zero-order valence-corrected chi connectivity index (χ0v) is 19.1. The molecular weight excluding hydrogens is 471 g/mol. The Morgan fingerprint density at radius 2 is 1.69 bits per heavy atom. The van der Waals surface area contributed by atoms with Crippen molar-refractivity contribution in [1.29, 1.82) is 0 Å². The van der Waals surface area contributed by atoms with Gasteiger partial charge in [0, 0.05) is 17.7 Å². The Hall–Kier alpha value is -3.12. The van der Waals surface area contributed by atoms with Crippen LogP contribution in [-0.2, 0) is 4.79 Å². The van der Waals surface area contributed by atoms with Gasteiger partial charge in [-0.3, -0.25) is 4.79 Å². The minimum Gasteiger partial charge on any atom is -0.497 e. The van der Waals surface area contributed by atoms with Crippen molar-refractivity contribution >= 4 is 33.1 Å². The zero-order valence-electron chi connectivity index (χ0n) is 17.5. The van der Waals surface area contributed by atoms with E-state index in [1.807, 2.05) is 48.5 Å². The van der Waals surface area contributed by atoms with Crippen LogP contribution in [0, 0.1) is 5.82 Å². The topological polar surface area (TPSA) is 50.4 Å². The summed E-state index contributed by atoms with van der Waals surface area (Å²) in [5.41, 5.74) is 5.39. The van der Waals surface area contributed by atoms with E-state index in [1.165, 1.54) is 6.07 Å². The van der Waals surface area contributed by atoms with Gasteiger partial charge in [0.15, 0.2) is 5.78 Å². The van der Waals surface area contributed by atoms with E-state index in [0.29, 0.717) is 22.9 Å². The van der Waals surface area contributed by atoms with Gasteiger partial charge in [0.2, 0.25) is 0 Å². The second-order valence-electron chi connectivity index (χ2n) is 8.12. The number of halogens is 2. The molecule has 162 valence electrons. The quantitative estimate of drug-likeness (QED) is 0.433. The number of Topliss-reactive ketones (excluding diaryl/α,β-unsaturated/α-hetero) is 1. The van der Waals surface area contributed by atoms with Crippen LogP contribution in [0.5, 0.6) is 5.75 Å². The van der Waals surface area contributed by atoms with Crippen LogP contribution in [0.2, 0.25) is 0 Å². The number of rotatable bonds is 3. The van der Waals surface area contributed by atoms with Gasteiger partial charge in [0.1, 0.15) is 11.6 Å². The van der Waals surface area contributed by atoms with E-state index in [9.17, 15) is 9.18 Å². The molecular formula is C26H22BrFN2O2. The number of methoxy groups -OCH3 is 1. The normalized spacial score (nSPS) is 19.9. The number of ether oxygens (including phenoxy) is 1. The van der Waals surface area contributed by atoms with Gasteiger partial charge in [0.05, 0.1) is 29.0 Å². The molecule has 0 radical (unpaired) electrons. The molecule has 4 nitrogen and oxygen atoms in total. The molecule has 1 heterocycles. The molecule has 6 heteroatoms. The summed E-state index contributed by atoms with van der Waals surface area (Å²) in [5.74, 6) is 0.629. The summed E-state index contributed by atoms with van der Waals surface area (Å²) in [6, 6.07) is 20.4. The van der Waals surface area contributed by atoms with Gasteiger partial charge in [-0.25, -0.2) is 4.39 Å². The molecule has 0 aromatic heterocycles. The maximum absolute atomic E-state index is 13.9. The summed E-state index contributed by atoms with van der Waals surface area (Å²) < 4.78 is 19.6. The first-order valence-electron chi connectivity index (χ1n) is 10.5. The van der Waals surface area contributed by atoms with E-state index < -0.39 is 0 Å². The van der Waals surface area contributed by atoms with Crippen LogP contribution in [0.15, 0.2) is 82.5 Å². The highest BCUT2D eigenvalue weighted by atomic mass is 79.9. The number of ketones is 1. The molecule has 0 spiro atoms. The first kappa shape index (κ1) is 20.8. The largest absolute Gasteiger partial charge is 0.497 e. The molecule has 0 saturated carbocycles. The van der Waals surface area contributed by atoms with Crippen LogP contribution in [0.3, 0.4) is 0 Å². The standard InChI is InChI=1S/C26H22BrFN2O2/c1-32-18-9-6-15(7-10-18)17-13-23-25(24(31)14-17)26(16-8-11-20(28)19(27)12-16)30-22-5-3-2-4-21(22)29-23/h2-12,17,26,29-30H,13-14H2,1H3/t17-,26+/m0/s1. The number of carbonyl (C=O) groups is 1. The molecule has 2 atom stereocenters. The lowest BCUT2D eigenvalue weighted by atomic mass is 9.78. The van der Waals surface area contributed by atoms with Gasteiger partial charge < -0.3 is 15.4 Å². The van der Waals surface area contributed by atoms with Crippen LogP contribution in [0.25, 0.3) is 0 Å². The van der Waals surface area contributed by atoms with Crippen molar-refractivity contribution < 1.29 is 13.9 Å². The molecule has 1 aliphatic carbocycles. The average Bonchev–Trinajstić information content (AvgIpc) is 2.98. The maximum atomic E-state index is 13.9. The Bertz CT molecular complexity index is 1220. The van der Waals surface area contributed by atoms with Gasteiger partial charge in [0.25, 0.3) is 0 Å². The van der Waals surface area contributed by atoms with Crippen LogP contribution in [-0.4, -0.2) is 12.9 Å². The highest BCUT2D eigenvalue weighted by molar-refractivity contribution is 9.10. The molecule has 3 aromatic rings. The predicted octanol–water partition coefficient (Wildman–Crippen LogP) is 6.58. The fourth-order valence-electron chi connectivity index (χ4n) is 4.55. The first-order chi connectivity index (χ1) is 15.5. The molecule has 0 fully saturated rings. The highest BCUT2D eigenvalue weighted by Crippen LogP contribution is 2.44. The number of benzene rings is 3. The number of anilines is 2. The molecule has 2 N–H and O–H groups in total. The van der Waals surface area contributed by atoms with E-state index in [1.54, 1.807) is 19.2 Å². The van der Waals surface area contributed by atoms with E-state index >= 15 is 0 Å². The third kappa shape index (κ3) is 3.79. The van der Waals surface area contributed by atoms with Crippen LogP contribution >= 0.6 is 15.9 Å². The van der Waals surface area contributed by atoms with Crippen molar-refractivity contribution in [2.24, 2.45) is 0 Å². The van der Waals surface area contributed by atoms with Crippen LogP contribution in [0.4, 0.5) is 15.8 Å². The van der Waals surface area contributed by atoms with Crippen molar-refractivity contribution in [2.45, 2.75) is 24.8 Å². The Morgan fingerprint density at radius 3 is 2.41 bits per heavy atom. The minimum atomic E-state index is -0.373. The van der Waals surface area contributed by atoms with E-state index in [-0.39, 0.29) is 23.6 Å². The molecule has 0 saturated heterocycles. The predicted molar refractivity (Wildman–Crippen MR) is 128 cm³/mol. The Kier molecular flexibility index (Phi) is 5.47. The number of hydrogen-bond donors (Lipinski definition) is 2. The fourth-order valence-corrected chi connectivity index (χ4v) is 4.94. The van der Waals surface area contributed by atoms with Crippen molar-refractivity contribution in [2.75, 3.05) is 17.7 Å². The highest BCUT2D eigenvalue weighted by Gasteiger charge is 2.36. The first-order valence-corrected chi connectivity index (χ1v) is 11.3. The molecule has 5 rings (SSSR count). The lowest BCUT2D eigenvalue weighted by molar-refractivity contribution is -0.116. The summed E-state index contributed by atoms with van der Waals surface area (Å²) >= 11 is 3.29. The lowest BCUT2D eigenvalue weighted by Gasteiger charge is -2.30. The second kappa shape index (κ2) is 8.43. The van der Waals surface area contributed by atoms with Crippen molar-refractivity contribution in [3.63, 3.8) is 0 Å². The third-order valence-electron chi connectivity index (χ3n) is 6.17. The third-order valence-corrected chi connectivity index (χ3v) is 6.78. The summed E-state index contributed by atoms with van der Waals surface area (Å²) in [7, 11) is 1.64. The summed E-state index contributed by atoms with van der Waals surface area (Å²) in [6.07, 6.45) is 1.13. The van der Waals surface area contributed by atoms with Crippen molar-refractivity contribution in [3.8, 4) is 5.75 Å². The minimum absolute atomic E-state index is 0.0746. The summed E-state index contributed by atoms with van der Waals surface area (Å²) in [4.78, 5) is 13.5. The van der Waals surface area contributed by atoms with Crippen LogP contribution in [0.1, 0.15) is 35.9 Å². The number of carbonyl (C=O) groups excluding carboxylic acids is 1. The van der Waals surface area contributed by atoms with Gasteiger partial charge in [-0.1, -0.05) is 30.3 Å². The number of nitrogens with one attached hydrogen (secondary N) is 2. The smallest absolute Gasteiger partial charge is 0.163 e. The molecule has 32 heavy (non-hydrogen) atoms. The van der Waals surface area contributed by atoms with Gasteiger partial charge in [-0.2, -0.15) is 0 Å². The monoisotopic (exact) mass is 492 g/mol. The second-order valence-corrected chi connectivity index (χ2v) is 8.97. The van der Waals surface area contributed by atoms with Crippen LogP contribution < -0.4 is 15.4 Å². The van der Waals surface area contributed by atoms with E-state index in [4.69, 9.17) is 4.74 Å². The SMILES string of the molecule is COc1ccc([C@@H]2CC(=O)C3=C(C2)Nc2ccccc2N[C@@H]3c2ccc(F)c(Br)c2)cc1. The average molecular weight is 493 g/mol. The number of allylic oxidation sites excluding steroid dienone is 1. The fraction of sp³-hybridized carbons (Fsp3) is 0.192. The molecule has 0 unspecified atom stereocenters. The summed E-state index contributed by atoms with van der Waals surface area (Å²) in [6.45, 7) is 0. The Balaban J connectivity index is 1.59.